The van der Waals surface area contributed by atoms with E-state index in [2.05, 4.69) is 4.98 Å². The zero-order valence-electron chi connectivity index (χ0n) is 10.0. The Morgan fingerprint density at radius 1 is 1.00 bits per heavy atom. The van der Waals surface area contributed by atoms with Gasteiger partial charge < -0.3 is 10.5 Å². The summed E-state index contributed by atoms with van der Waals surface area (Å²) in [6.07, 6.45) is 1.54. The zero-order chi connectivity index (χ0) is 13.2. The van der Waals surface area contributed by atoms with Crippen LogP contribution < -0.4 is 10.5 Å². The maximum atomic E-state index is 6.18. The Morgan fingerprint density at radius 3 is 2.58 bits per heavy atom. The van der Waals surface area contributed by atoms with Crippen LogP contribution >= 0.6 is 11.6 Å². The number of nitrogen functional groups attached to an aromatic ring is 1. The number of benzene rings is 2. The average molecular weight is 271 g/mol. The van der Waals surface area contributed by atoms with Crippen molar-refractivity contribution in [3.8, 4) is 11.5 Å². The van der Waals surface area contributed by atoms with Crippen LogP contribution in [0.2, 0.25) is 5.02 Å². The van der Waals surface area contributed by atoms with Gasteiger partial charge in [0.15, 0.2) is 5.75 Å². The minimum absolute atomic E-state index is 0.464. The fraction of sp³-hybridized carbons (Fsp3) is 0. The molecular formula is C15H11ClN2O. The van der Waals surface area contributed by atoms with Gasteiger partial charge in [0.25, 0.3) is 0 Å². The molecule has 19 heavy (non-hydrogen) atoms. The number of para-hydroxylation sites is 2. The van der Waals surface area contributed by atoms with Crippen molar-refractivity contribution in [3.63, 3.8) is 0 Å². The topological polar surface area (TPSA) is 48.1 Å². The third kappa shape index (κ3) is 2.20. The molecule has 4 heteroatoms. The molecule has 0 amide bonds. The van der Waals surface area contributed by atoms with Crippen molar-refractivity contribution in [2.24, 2.45) is 0 Å². The molecule has 2 aromatic carbocycles. The lowest BCUT2D eigenvalue weighted by Crippen LogP contribution is -1.92. The van der Waals surface area contributed by atoms with Gasteiger partial charge in [-0.05, 0) is 18.2 Å². The molecule has 3 nitrogen and oxygen atoms in total. The van der Waals surface area contributed by atoms with E-state index in [0.29, 0.717) is 22.0 Å². The lowest BCUT2D eigenvalue weighted by Gasteiger charge is -2.09. The summed E-state index contributed by atoms with van der Waals surface area (Å²) in [5.74, 6) is 1.41. The summed E-state index contributed by atoms with van der Waals surface area (Å²) in [6.45, 7) is 0. The second kappa shape index (κ2) is 4.78. The van der Waals surface area contributed by atoms with Gasteiger partial charge in [0.2, 0.25) is 0 Å². The molecule has 0 bridgehead atoms. The van der Waals surface area contributed by atoms with Gasteiger partial charge in [-0.1, -0.05) is 41.9 Å². The Balaban J connectivity index is 2.12. The highest BCUT2D eigenvalue weighted by Gasteiger charge is 2.09. The molecule has 94 valence electrons. The maximum Gasteiger partial charge on any atom is 0.153 e. The van der Waals surface area contributed by atoms with E-state index >= 15 is 0 Å². The first-order valence-corrected chi connectivity index (χ1v) is 6.19. The molecule has 2 N–H and O–H groups in total. The third-order valence-electron chi connectivity index (χ3n) is 2.79. The number of ether oxygens (including phenoxy) is 1. The normalized spacial score (nSPS) is 10.6. The number of fused-ring (bicyclic) bond motifs is 1. The smallest absolute Gasteiger partial charge is 0.153 e. The second-order valence-electron chi connectivity index (χ2n) is 4.09. The number of hydrogen-bond acceptors (Lipinski definition) is 3. The van der Waals surface area contributed by atoms with Gasteiger partial charge in [0.05, 0.1) is 16.9 Å². The van der Waals surface area contributed by atoms with Gasteiger partial charge in [-0.15, -0.1) is 0 Å². The predicted octanol–water partition coefficient (Wildman–Crippen LogP) is 4.26. The van der Waals surface area contributed by atoms with Crippen LogP contribution in [0.3, 0.4) is 0 Å². The first-order valence-electron chi connectivity index (χ1n) is 5.81. The first-order chi connectivity index (χ1) is 9.25. The molecule has 3 rings (SSSR count). The van der Waals surface area contributed by atoms with Gasteiger partial charge in [-0.25, -0.2) is 0 Å². The standard InChI is InChI=1S/C15H11ClN2O/c16-14-11-7-4-8-13(15(11)18-9-12(14)17)19-10-5-2-1-3-6-10/h1-9H,17H2. The Labute approximate surface area is 115 Å². The molecule has 0 saturated heterocycles. The minimum atomic E-state index is 0.464. The lowest BCUT2D eigenvalue weighted by molar-refractivity contribution is 0.487. The van der Waals surface area contributed by atoms with Crippen molar-refractivity contribution < 1.29 is 4.74 Å². The fourth-order valence-electron chi connectivity index (χ4n) is 1.88. The molecule has 3 aromatic rings. The highest BCUT2D eigenvalue weighted by atomic mass is 35.5. The van der Waals surface area contributed by atoms with Gasteiger partial charge in [-0.2, -0.15) is 0 Å². The summed E-state index contributed by atoms with van der Waals surface area (Å²) in [6, 6.07) is 15.1. The van der Waals surface area contributed by atoms with Gasteiger partial charge >= 0.3 is 0 Å². The fourth-order valence-corrected chi connectivity index (χ4v) is 2.08. The molecule has 0 saturated carbocycles. The first kappa shape index (κ1) is 11.8. The number of hydrogen-bond donors (Lipinski definition) is 1. The lowest BCUT2D eigenvalue weighted by atomic mass is 10.2. The molecule has 0 spiro atoms. The summed E-state index contributed by atoms with van der Waals surface area (Å²) in [7, 11) is 0. The molecule has 1 heterocycles. The van der Waals surface area contributed by atoms with Crippen LogP contribution in [-0.4, -0.2) is 4.98 Å². The maximum absolute atomic E-state index is 6.18. The van der Waals surface area contributed by atoms with Crippen molar-refractivity contribution >= 4 is 28.2 Å². The minimum Gasteiger partial charge on any atom is -0.455 e. The van der Waals surface area contributed by atoms with Crippen molar-refractivity contribution in [1.82, 2.24) is 4.98 Å². The van der Waals surface area contributed by atoms with E-state index in [1.54, 1.807) is 6.20 Å². The molecule has 0 atom stereocenters. The van der Waals surface area contributed by atoms with E-state index in [-0.39, 0.29) is 0 Å². The van der Waals surface area contributed by atoms with Gasteiger partial charge in [0, 0.05) is 5.39 Å². The van der Waals surface area contributed by atoms with E-state index < -0.39 is 0 Å². The molecule has 0 aliphatic rings. The van der Waals surface area contributed by atoms with Crippen LogP contribution in [0.5, 0.6) is 11.5 Å². The highest BCUT2D eigenvalue weighted by Crippen LogP contribution is 2.34. The summed E-state index contributed by atoms with van der Waals surface area (Å²) in [5.41, 5.74) is 6.92. The summed E-state index contributed by atoms with van der Waals surface area (Å²) in [5, 5.41) is 1.29. The Hall–Kier alpha value is -2.26. The molecular weight excluding hydrogens is 260 g/mol. The van der Waals surface area contributed by atoms with Crippen LogP contribution in [0, 0.1) is 0 Å². The van der Waals surface area contributed by atoms with Crippen LogP contribution in [0.15, 0.2) is 54.7 Å². The van der Waals surface area contributed by atoms with Crippen LogP contribution in [0.1, 0.15) is 0 Å². The van der Waals surface area contributed by atoms with E-state index in [4.69, 9.17) is 22.1 Å². The summed E-state index contributed by atoms with van der Waals surface area (Å²) < 4.78 is 5.82. The van der Waals surface area contributed by atoms with E-state index in [9.17, 15) is 0 Å². The number of halogens is 1. The van der Waals surface area contributed by atoms with Crippen molar-refractivity contribution in [1.29, 1.82) is 0 Å². The van der Waals surface area contributed by atoms with E-state index in [1.165, 1.54) is 0 Å². The molecule has 0 radical (unpaired) electrons. The third-order valence-corrected chi connectivity index (χ3v) is 3.21. The average Bonchev–Trinajstić information content (AvgIpc) is 2.45. The molecule has 0 fully saturated rings. The number of aromatic nitrogens is 1. The SMILES string of the molecule is Nc1cnc2c(Oc3ccccc3)cccc2c1Cl. The van der Waals surface area contributed by atoms with Gasteiger partial charge in [0.1, 0.15) is 11.3 Å². The Kier molecular flexibility index (Phi) is 2.97. The van der Waals surface area contributed by atoms with Crippen LogP contribution in [0.4, 0.5) is 5.69 Å². The van der Waals surface area contributed by atoms with E-state index in [0.717, 1.165) is 11.1 Å². The Bertz CT molecular complexity index is 729. The summed E-state index contributed by atoms with van der Waals surface area (Å²) >= 11 is 6.18. The predicted molar refractivity (Wildman–Crippen MR) is 77.7 cm³/mol. The number of nitrogens with zero attached hydrogens (tertiary/aromatic N) is 1. The largest absolute Gasteiger partial charge is 0.455 e. The monoisotopic (exact) mass is 270 g/mol. The number of rotatable bonds is 2. The van der Waals surface area contributed by atoms with Crippen LogP contribution in [0.25, 0.3) is 10.9 Å². The number of pyridine rings is 1. The number of anilines is 1. The Morgan fingerprint density at radius 2 is 1.79 bits per heavy atom. The number of nitrogens with two attached hydrogens (primary N) is 1. The van der Waals surface area contributed by atoms with Gasteiger partial charge in [-0.3, -0.25) is 4.98 Å². The summed E-state index contributed by atoms with van der Waals surface area (Å²) in [4.78, 5) is 4.30. The highest BCUT2D eigenvalue weighted by molar-refractivity contribution is 6.37. The van der Waals surface area contributed by atoms with Crippen molar-refractivity contribution in [2.75, 3.05) is 5.73 Å². The second-order valence-corrected chi connectivity index (χ2v) is 4.47. The van der Waals surface area contributed by atoms with E-state index in [1.807, 2.05) is 48.5 Å². The van der Waals surface area contributed by atoms with Crippen molar-refractivity contribution in [3.05, 3.63) is 59.8 Å². The quantitative estimate of drug-likeness (QED) is 0.757. The molecule has 0 aliphatic heterocycles. The molecule has 0 aliphatic carbocycles. The van der Waals surface area contributed by atoms with Crippen LogP contribution in [-0.2, 0) is 0 Å². The molecule has 0 unspecified atom stereocenters. The van der Waals surface area contributed by atoms with Crippen molar-refractivity contribution in [2.45, 2.75) is 0 Å². The zero-order valence-corrected chi connectivity index (χ0v) is 10.8. The molecule has 1 aromatic heterocycles.